The summed E-state index contributed by atoms with van der Waals surface area (Å²) in [6.07, 6.45) is 7.19. The molecule has 0 spiro atoms. The zero-order valence-corrected chi connectivity index (χ0v) is 12.0. The molecule has 1 N–H and O–H groups in total. The second-order valence-corrected chi connectivity index (χ2v) is 6.45. The normalized spacial score (nSPS) is 17.4. The fourth-order valence-corrected chi connectivity index (χ4v) is 2.98. The van der Waals surface area contributed by atoms with Crippen LogP contribution in [-0.4, -0.2) is 11.1 Å². The Morgan fingerprint density at radius 3 is 2.58 bits per heavy atom. The molecular weight excluding hydrogens is 236 g/mol. The molecule has 0 aliphatic heterocycles. The van der Waals surface area contributed by atoms with Gasteiger partial charge in [-0.1, -0.05) is 43.5 Å². The van der Waals surface area contributed by atoms with Gasteiger partial charge in [0.15, 0.2) is 0 Å². The molecule has 0 aromatic heterocycles. The molecule has 0 amide bonds. The Balaban J connectivity index is 2.12. The van der Waals surface area contributed by atoms with E-state index in [1.54, 1.807) is 13.8 Å². The third kappa shape index (κ3) is 3.59. The highest BCUT2D eigenvalue weighted by molar-refractivity contribution is 5.74. The van der Waals surface area contributed by atoms with E-state index < -0.39 is 11.4 Å². The van der Waals surface area contributed by atoms with Crippen LogP contribution in [0.1, 0.15) is 63.0 Å². The maximum absolute atomic E-state index is 11.2. The van der Waals surface area contributed by atoms with Crippen LogP contribution < -0.4 is 0 Å². The summed E-state index contributed by atoms with van der Waals surface area (Å²) in [5, 5.41) is 9.22. The first-order valence-corrected chi connectivity index (χ1v) is 7.31. The standard InChI is InChI=1S/C17H24O2/c1-17(2,16(18)19)12-13-7-6-10-15(11-13)14-8-4-3-5-9-14/h6-7,10-11,14H,3-5,8-9,12H2,1-2H3,(H,18,19). The molecule has 104 valence electrons. The van der Waals surface area contributed by atoms with Crippen LogP contribution >= 0.6 is 0 Å². The van der Waals surface area contributed by atoms with Crippen molar-refractivity contribution in [3.05, 3.63) is 35.4 Å². The number of carbonyl (C=O) groups is 1. The Morgan fingerprint density at radius 2 is 1.95 bits per heavy atom. The number of hydrogen-bond donors (Lipinski definition) is 1. The number of aliphatic carboxylic acids is 1. The lowest BCUT2D eigenvalue weighted by Gasteiger charge is -2.24. The van der Waals surface area contributed by atoms with Gasteiger partial charge < -0.3 is 5.11 Å². The summed E-state index contributed by atoms with van der Waals surface area (Å²) in [7, 11) is 0. The molecule has 1 aliphatic carbocycles. The predicted octanol–water partition coefficient (Wildman–Crippen LogP) is 4.39. The van der Waals surface area contributed by atoms with Crippen molar-refractivity contribution >= 4 is 5.97 Å². The third-order valence-corrected chi connectivity index (χ3v) is 4.25. The Hall–Kier alpha value is -1.31. The van der Waals surface area contributed by atoms with Crippen molar-refractivity contribution in [2.45, 2.75) is 58.3 Å². The molecule has 0 heterocycles. The van der Waals surface area contributed by atoms with E-state index in [0.717, 1.165) is 5.56 Å². The number of benzene rings is 1. The topological polar surface area (TPSA) is 37.3 Å². The van der Waals surface area contributed by atoms with Crippen LogP contribution in [0.15, 0.2) is 24.3 Å². The Kier molecular flexibility index (Phi) is 4.28. The van der Waals surface area contributed by atoms with Crippen LogP contribution in [0.25, 0.3) is 0 Å². The summed E-state index contributed by atoms with van der Waals surface area (Å²) in [6.45, 7) is 3.59. The average Bonchev–Trinajstić information content (AvgIpc) is 2.39. The van der Waals surface area contributed by atoms with Crippen LogP contribution in [0.4, 0.5) is 0 Å². The summed E-state index contributed by atoms with van der Waals surface area (Å²) in [5.74, 6) is -0.0443. The molecule has 0 saturated heterocycles. The molecule has 1 saturated carbocycles. The first kappa shape index (κ1) is 14.1. The molecule has 19 heavy (non-hydrogen) atoms. The molecule has 0 atom stereocenters. The molecule has 2 heteroatoms. The van der Waals surface area contributed by atoms with Gasteiger partial charge in [0, 0.05) is 0 Å². The van der Waals surface area contributed by atoms with Crippen LogP contribution in [0.3, 0.4) is 0 Å². The average molecular weight is 260 g/mol. The van der Waals surface area contributed by atoms with Gasteiger partial charge in [0.1, 0.15) is 0 Å². The Bertz CT molecular complexity index is 442. The van der Waals surface area contributed by atoms with Crippen molar-refractivity contribution in [2.24, 2.45) is 5.41 Å². The summed E-state index contributed by atoms with van der Waals surface area (Å²) < 4.78 is 0. The summed E-state index contributed by atoms with van der Waals surface area (Å²) >= 11 is 0. The fourth-order valence-electron chi connectivity index (χ4n) is 2.98. The second kappa shape index (κ2) is 5.77. The van der Waals surface area contributed by atoms with E-state index >= 15 is 0 Å². The number of hydrogen-bond acceptors (Lipinski definition) is 1. The number of carboxylic acid groups (broad SMARTS) is 1. The second-order valence-electron chi connectivity index (χ2n) is 6.45. The number of carboxylic acids is 1. The van der Waals surface area contributed by atoms with Gasteiger partial charge >= 0.3 is 5.97 Å². The largest absolute Gasteiger partial charge is 0.481 e. The van der Waals surface area contributed by atoms with E-state index in [9.17, 15) is 9.90 Å². The fraction of sp³-hybridized carbons (Fsp3) is 0.588. The lowest BCUT2D eigenvalue weighted by molar-refractivity contribution is -0.146. The third-order valence-electron chi connectivity index (χ3n) is 4.25. The van der Waals surface area contributed by atoms with Crippen LogP contribution in [0.2, 0.25) is 0 Å². The smallest absolute Gasteiger partial charge is 0.309 e. The monoisotopic (exact) mass is 260 g/mol. The molecule has 1 aromatic rings. The quantitative estimate of drug-likeness (QED) is 0.871. The van der Waals surface area contributed by atoms with Crippen molar-refractivity contribution in [1.82, 2.24) is 0 Å². The van der Waals surface area contributed by atoms with Gasteiger partial charge in [-0.15, -0.1) is 0 Å². The number of rotatable bonds is 4. The highest BCUT2D eigenvalue weighted by Crippen LogP contribution is 2.33. The zero-order chi connectivity index (χ0) is 13.9. The minimum atomic E-state index is -0.726. The van der Waals surface area contributed by atoms with E-state index in [1.165, 1.54) is 37.7 Å². The van der Waals surface area contributed by atoms with Gasteiger partial charge in [0.05, 0.1) is 5.41 Å². The van der Waals surface area contributed by atoms with E-state index in [0.29, 0.717) is 12.3 Å². The lowest BCUT2D eigenvalue weighted by atomic mass is 9.81. The lowest BCUT2D eigenvalue weighted by Crippen LogP contribution is -2.26. The molecule has 1 fully saturated rings. The van der Waals surface area contributed by atoms with Gasteiger partial charge in [0.25, 0.3) is 0 Å². The summed E-state index contributed by atoms with van der Waals surface area (Å²) in [4.78, 5) is 11.2. The van der Waals surface area contributed by atoms with E-state index in [2.05, 4.69) is 24.3 Å². The van der Waals surface area contributed by atoms with E-state index in [1.807, 2.05) is 0 Å². The van der Waals surface area contributed by atoms with E-state index in [-0.39, 0.29) is 0 Å². The molecule has 2 rings (SSSR count). The van der Waals surface area contributed by atoms with Crippen LogP contribution in [0, 0.1) is 5.41 Å². The van der Waals surface area contributed by atoms with Crippen LogP contribution in [0.5, 0.6) is 0 Å². The molecule has 1 aliphatic rings. The highest BCUT2D eigenvalue weighted by Gasteiger charge is 2.27. The summed E-state index contributed by atoms with van der Waals surface area (Å²) in [5.41, 5.74) is 1.86. The van der Waals surface area contributed by atoms with Gasteiger partial charge in [-0.05, 0) is 50.2 Å². The Labute approximate surface area is 115 Å². The SMILES string of the molecule is CC(C)(Cc1cccc(C2CCCCC2)c1)C(=O)O. The molecule has 1 aromatic carbocycles. The highest BCUT2D eigenvalue weighted by atomic mass is 16.4. The van der Waals surface area contributed by atoms with E-state index in [4.69, 9.17) is 0 Å². The zero-order valence-electron chi connectivity index (χ0n) is 12.0. The minimum absolute atomic E-state index is 0.600. The van der Waals surface area contributed by atoms with Crippen molar-refractivity contribution < 1.29 is 9.90 Å². The van der Waals surface area contributed by atoms with Crippen molar-refractivity contribution in [1.29, 1.82) is 0 Å². The van der Waals surface area contributed by atoms with Gasteiger partial charge in [0.2, 0.25) is 0 Å². The van der Waals surface area contributed by atoms with Crippen LogP contribution in [-0.2, 0) is 11.2 Å². The Morgan fingerprint density at radius 1 is 1.26 bits per heavy atom. The first-order chi connectivity index (χ1) is 8.99. The summed E-state index contributed by atoms with van der Waals surface area (Å²) in [6, 6.07) is 8.56. The van der Waals surface area contributed by atoms with Crippen molar-refractivity contribution in [3.63, 3.8) is 0 Å². The molecule has 0 radical (unpaired) electrons. The van der Waals surface area contributed by atoms with Gasteiger partial charge in [-0.3, -0.25) is 4.79 Å². The molecule has 0 bridgehead atoms. The molecule has 0 unspecified atom stereocenters. The maximum atomic E-state index is 11.2. The molecule has 2 nitrogen and oxygen atoms in total. The maximum Gasteiger partial charge on any atom is 0.309 e. The van der Waals surface area contributed by atoms with Crippen molar-refractivity contribution in [2.75, 3.05) is 0 Å². The molecular formula is C17H24O2. The minimum Gasteiger partial charge on any atom is -0.481 e. The van der Waals surface area contributed by atoms with Crippen molar-refractivity contribution in [3.8, 4) is 0 Å². The predicted molar refractivity (Wildman–Crippen MR) is 77.4 cm³/mol. The van der Waals surface area contributed by atoms with Gasteiger partial charge in [-0.25, -0.2) is 0 Å². The first-order valence-electron chi connectivity index (χ1n) is 7.31. The van der Waals surface area contributed by atoms with Gasteiger partial charge in [-0.2, -0.15) is 0 Å².